The van der Waals surface area contributed by atoms with Crippen LogP contribution in [0.4, 0.5) is 10.6 Å². The van der Waals surface area contributed by atoms with Crippen molar-refractivity contribution in [3.63, 3.8) is 0 Å². The average molecular weight is 500 g/mol. The van der Waals surface area contributed by atoms with Crippen LogP contribution in [-0.2, 0) is 17.5 Å². The highest BCUT2D eigenvalue weighted by Gasteiger charge is 2.48. The van der Waals surface area contributed by atoms with Gasteiger partial charge in [0.25, 0.3) is 5.91 Å². The Hall–Kier alpha value is -3.88. The highest BCUT2D eigenvalue weighted by atomic mass is 16.2. The van der Waals surface area contributed by atoms with Gasteiger partial charge in [-0.3, -0.25) is 9.48 Å². The van der Waals surface area contributed by atoms with Gasteiger partial charge in [0.2, 0.25) is 0 Å². The second kappa shape index (κ2) is 8.61. The molecule has 3 aromatic rings. The molecule has 1 atom stereocenters. The molecule has 9 nitrogen and oxygen atoms in total. The Balaban J connectivity index is 1.22. The predicted molar refractivity (Wildman–Crippen MR) is 141 cm³/mol. The number of amides is 3. The number of hydrogen-bond donors (Lipinski definition) is 2. The molecule has 1 aliphatic carbocycles. The maximum atomic E-state index is 13.4. The second-order valence-electron chi connectivity index (χ2n) is 10.9. The number of nitrogens with zero attached hydrogens (tertiary/aromatic N) is 5. The third-order valence-electron chi connectivity index (χ3n) is 8.50. The zero-order valence-electron chi connectivity index (χ0n) is 21.4. The van der Waals surface area contributed by atoms with Crippen LogP contribution in [0.25, 0.3) is 11.3 Å². The van der Waals surface area contributed by atoms with E-state index in [-0.39, 0.29) is 28.7 Å². The fourth-order valence-electron chi connectivity index (χ4n) is 6.15. The maximum Gasteiger partial charge on any atom is 0.318 e. The first-order valence-electron chi connectivity index (χ1n) is 13.0. The van der Waals surface area contributed by atoms with Crippen LogP contribution in [-0.4, -0.2) is 63.7 Å². The van der Waals surface area contributed by atoms with Gasteiger partial charge in [-0.05, 0) is 49.8 Å². The summed E-state index contributed by atoms with van der Waals surface area (Å²) in [4.78, 5) is 33.7. The van der Waals surface area contributed by atoms with Crippen molar-refractivity contribution in [3.8, 4) is 11.3 Å². The molecule has 4 heterocycles. The Morgan fingerprint density at radius 2 is 1.81 bits per heavy atom. The van der Waals surface area contributed by atoms with Gasteiger partial charge in [-0.2, -0.15) is 5.10 Å². The van der Waals surface area contributed by atoms with Crippen LogP contribution < -0.4 is 11.1 Å². The third-order valence-corrected chi connectivity index (χ3v) is 8.50. The number of aromatic nitrogens is 3. The molecule has 0 radical (unpaired) electrons. The molecule has 1 saturated heterocycles. The SMILES string of the molecule is CN(C)C(=O)c1cc(-c2cc3n(n2)CC[C@@]32CCN(C(=O)NC3(c4ccccc4)CCC3)C2)cnc1N. The first kappa shape index (κ1) is 23.5. The molecule has 1 aromatic carbocycles. The molecule has 3 amide bonds. The smallest absolute Gasteiger partial charge is 0.318 e. The van der Waals surface area contributed by atoms with Crippen molar-refractivity contribution in [2.24, 2.45) is 0 Å². The molecular weight excluding hydrogens is 466 g/mol. The summed E-state index contributed by atoms with van der Waals surface area (Å²) in [6.07, 6.45) is 6.63. The standard InChI is InChI=1S/C28H33N7O2/c1-33(2)25(36)21-15-19(17-30-24(21)29)22-16-23-27(12-14-35(23)32-22)11-13-34(18-27)26(37)31-28(9-6-10-28)20-7-4-3-5-8-20/h3-5,7-8,15-17H,6,9-14,18H2,1-2H3,(H2,29,30)(H,31,37)/t27-/m1/s1. The maximum absolute atomic E-state index is 13.4. The van der Waals surface area contributed by atoms with E-state index >= 15 is 0 Å². The molecule has 37 heavy (non-hydrogen) atoms. The number of carbonyl (C=O) groups excluding carboxylic acids is 2. The Kier molecular flexibility index (Phi) is 5.47. The largest absolute Gasteiger partial charge is 0.383 e. The Morgan fingerprint density at radius 1 is 1.05 bits per heavy atom. The highest BCUT2D eigenvalue weighted by Crippen LogP contribution is 2.45. The molecule has 9 heteroatoms. The number of nitrogens with two attached hydrogens (primary N) is 1. The molecule has 3 N–H and O–H groups in total. The summed E-state index contributed by atoms with van der Waals surface area (Å²) in [6, 6.07) is 14.2. The molecule has 6 rings (SSSR count). The minimum atomic E-state index is -0.247. The zero-order valence-corrected chi connectivity index (χ0v) is 21.4. The molecule has 2 aromatic heterocycles. The number of carbonyl (C=O) groups is 2. The number of pyridine rings is 1. The molecule has 3 aliphatic rings. The number of fused-ring (bicyclic) bond motifs is 2. The summed E-state index contributed by atoms with van der Waals surface area (Å²) in [5.74, 6) is 0.0232. The van der Waals surface area contributed by atoms with Crippen LogP contribution >= 0.6 is 0 Å². The molecule has 0 unspecified atom stereocenters. The number of nitrogens with one attached hydrogen (secondary N) is 1. The van der Waals surface area contributed by atoms with E-state index in [1.54, 1.807) is 26.4 Å². The summed E-state index contributed by atoms with van der Waals surface area (Å²) in [5.41, 5.74) is 9.88. The average Bonchev–Trinajstić information content (AvgIpc) is 3.58. The minimum Gasteiger partial charge on any atom is -0.383 e. The van der Waals surface area contributed by atoms with Crippen molar-refractivity contribution in [1.82, 2.24) is 29.9 Å². The van der Waals surface area contributed by atoms with Gasteiger partial charge in [0.05, 0.1) is 16.8 Å². The lowest BCUT2D eigenvalue weighted by Gasteiger charge is -2.44. The summed E-state index contributed by atoms with van der Waals surface area (Å²) >= 11 is 0. The van der Waals surface area contributed by atoms with E-state index < -0.39 is 0 Å². The predicted octanol–water partition coefficient (Wildman–Crippen LogP) is 3.37. The first-order chi connectivity index (χ1) is 17.8. The van der Waals surface area contributed by atoms with Gasteiger partial charge in [-0.1, -0.05) is 30.3 Å². The number of nitrogen functional groups attached to an aromatic ring is 1. The van der Waals surface area contributed by atoms with Gasteiger partial charge < -0.3 is 20.9 Å². The van der Waals surface area contributed by atoms with Crippen molar-refractivity contribution >= 4 is 17.8 Å². The van der Waals surface area contributed by atoms with Crippen LogP contribution in [0.15, 0.2) is 48.7 Å². The van der Waals surface area contributed by atoms with Gasteiger partial charge in [0.15, 0.2) is 0 Å². The van der Waals surface area contributed by atoms with E-state index in [2.05, 4.69) is 33.2 Å². The van der Waals surface area contributed by atoms with Crippen LogP contribution in [0.2, 0.25) is 0 Å². The number of urea groups is 1. The van der Waals surface area contributed by atoms with Crippen LogP contribution in [0.5, 0.6) is 0 Å². The van der Waals surface area contributed by atoms with E-state index in [0.29, 0.717) is 12.1 Å². The molecule has 2 aliphatic heterocycles. The molecule has 0 bridgehead atoms. The van der Waals surface area contributed by atoms with E-state index in [1.165, 1.54) is 10.5 Å². The van der Waals surface area contributed by atoms with Gasteiger partial charge in [-0.15, -0.1) is 0 Å². The van der Waals surface area contributed by atoms with E-state index in [1.807, 2.05) is 23.1 Å². The highest BCUT2D eigenvalue weighted by molar-refractivity contribution is 5.99. The summed E-state index contributed by atoms with van der Waals surface area (Å²) in [6.45, 7) is 2.21. The summed E-state index contributed by atoms with van der Waals surface area (Å²) in [7, 11) is 3.38. The van der Waals surface area contributed by atoms with Gasteiger partial charge >= 0.3 is 6.03 Å². The van der Waals surface area contributed by atoms with Crippen LogP contribution in [0, 0.1) is 0 Å². The van der Waals surface area contributed by atoms with Crippen molar-refractivity contribution < 1.29 is 9.59 Å². The van der Waals surface area contributed by atoms with Crippen molar-refractivity contribution in [2.45, 2.75) is 49.6 Å². The van der Waals surface area contributed by atoms with Gasteiger partial charge in [0.1, 0.15) is 5.82 Å². The summed E-state index contributed by atoms with van der Waals surface area (Å²) < 4.78 is 2.05. The Bertz CT molecular complexity index is 1360. The van der Waals surface area contributed by atoms with Crippen LogP contribution in [0.1, 0.15) is 53.7 Å². The molecule has 1 saturated carbocycles. The molecule has 2 fully saturated rings. The number of rotatable bonds is 4. The number of benzene rings is 1. The number of aryl methyl sites for hydroxylation is 1. The van der Waals surface area contributed by atoms with E-state index in [9.17, 15) is 9.59 Å². The van der Waals surface area contributed by atoms with Gasteiger partial charge in [-0.25, -0.2) is 9.78 Å². The summed E-state index contributed by atoms with van der Waals surface area (Å²) in [5, 5.41) is 8.23. The fourth-order valence-corrected chi connectivity index (χ4v) is 6.15. The Morgan fingerprint density at radius 3 is 2.51 bits per heavy atom. The van der Waals surface area contributed by atoms with Crippen molar-refractivity contribution in [2.75, 3.05) is 32.9 Å². The normalized spacial score (nSPS) is 21.5. The van der Waals surface area contributed by atoms with E-state index in [4.69, 9.17) is 10.8 Å². The third kappa shape index (κ3) is 3.84. The molecule has 192 valence electrons. The van der Waals surface area contributed by atoms with E-state index in [0.717, 1.165) is 62.1 Å². The second-order valence-corrected chi connectivity index (χ2v) is 10.9. The lowest BCUT2D eigenvalue weighted by Crippen LogP contribution is -2.54. The first-order valence-corrected chi connectivity index (χ1v) is 13.0. The van der Waals surface area contributed by atoms with Crippen LogP contribution in [0.3, 0.4) is 0 Å². The van der Waals surface area contributed by atoms with Crippen molar-refractivity contribution in [1.29, 1.82) is 0 Å². The molecular formula is C28H33N7O2. The minimum absolute atomic E-state index is 0.0215. The quantitative estimate of drug-likeness (QED) is 0.572. The number of anilines is 1. The number of hydrogen-bond acceptors (Lipinski definition) is 5. The lowest BCUT2D eigenvalue weighted by atomic mass is 9.72. The zero-order chi connectivity index (χ0) is 25.8. The fraction of sp³-hybridized carbons (Fsp3) is 0.429. The monoisotopic (exact) mass is 499 g/mol. The topological polar surface area (TPSA) is 109 Å². The van der Waals surface area contributed by atoms with Crippen molar-refractivity contribution in [3.05, 3.63) is 65.5 Å². The Labute approximate surface area is 216 Å². The molecule has 1 spiro atoms. The van der Waals surface area contributed by atoms with Gasteiger partial charge in [0, 0.05) is 56.6 Å². The lowest BCUT2D eigenvalue weighted by molar-refractivity contribution is 0.0828. The number of likely N-dealkylation sites (tertiary alicyclic amines) is 1.